The van der Waals surface area contributed by atoms with Crippen molar-refractivity contribution in [1.82, 2.24) is 0 Å². The average molecular weight is 510 g/mol. The van der Waals surface area contributed by atoms with Crippen LogP contribution >= 0.6 is 27.5 Å². The molecule has 158 valence electrons. The lowest BCUT2D eigenvalue weighted by molar-refractivity contribution is 0.0704. The first kappa shape index (κ1) is 20.5. The molecule has 0 aliphatic carbocycles. The molecule has 5 rings (SSSR count). The first-order chi connectivity index (χ1) is 15.4. The summed E-state index contributed by atoms with van der Waals surface area (Å²) in [5.74, 6) is 0.129. The van der Waals surface area contributed by atoms with E-state index in [4.69, 9.17) is 25.2 Å². The zero-order valence-corrected chi connectivity index (χ0v) is 19.0. The molecule has 0 aliphatic rings. The number of aryl methyl sites for hydroxylation is 1. The molecule has 0 bridgehead atoms. The first-order valence-electron chi connectivity index (χ1n) is 9.64. The lowest BCUT2D eigenvalue weighted by atomic mass is 10.0. The maximum atomic E-state index is 13.1. The normalized spacial score (nSPS) is 11.2. The van der Waals surface area contributed by atoms with Gasteiger partial charge in [-0.1, -0.05) is 39.7 Å². The highest BCUT2D eigenvalue weighted by Gasteiger charge is 2.18. The van der Waals surface area contributed by atoms with Gasteiger partial charge in [-0.05, 0) is 61.0 Å². The Kier molecular flexibility index (Phi) is 5.12. The molecule has 0 atom stereocenters. The second kappa shape index (κ2) is 7.97. The van der Waals surface area contributed by atoms with Crippen LogP contribution in [0, 0.1) is 6.92 Å². The van der Waals surface area contributed by atoms with Crippen LogP contribution in [0.1, 0.15) is 16.3 Å². The van der Waals surface area contributed by atoms with Crippen molar-refractivity contribution >= 4 is 55.4 Å². The number of esters is 1. The van der Waals surface area contributed by atoms with E-state index in [1.54, 1.807) is 55.5 Å². The van der Waals surface area contributed by atoms with Crippen molar-refractivity contribution in [2.45, 2.75) is 6.92 Å². The highest BCUT2D eigenvalue weighted by molar-refractivity contribution is 9.10. The van der Waals surface area contributed by atoms with Gasteiger partial charge in [-0.3, -0.25) is 4.79 Å². The molecule has 32 heavy (non-hydrogen) atoms. The fourth-order valence-electron chi connectivity index (χ4n) is 3.57. The lowest BCUT2D eigenvalue weighted by Gasteiger charge is -2.08. The molecule has 0 amide bonds. The third kappa shape index (κ3) is 3.72. The van der Waals surface area contributed by atoms with E-state index in [-0.39, 0.29) is 16.9 Å². The minimum Gasteiger partial charge on any atom is -0.460 e. The van der Waals surface area contributed by atoms with Crippen molar-refractivity contribution in [3.8, 4) is 16.9 Å². The number of carbonyl (C=O) groups is 1. The van der Waals surface area contributed by atoms with Crippen LogP contribution in [-0.4, -0.2) is 5.97 Å². The smallest absolute Gasteiger partial charge is 0.379 e. The number of ether oxygens (including phenoxy) is 1. The number of hydrogen-bond acceptors (Lipinski definition) is 5. The van der Waals surface area contributed by atoms with Crippen molar-refractivity contribution < 1.29 is 18.4 Å². The predicted molar refractivity (Wildman–Crippen MR) is 127 cm³/mol. The van der Waals surface area contributed by atoms with Gasteiger partial charge in [0.25, 0.3) is 0 Å². The minimum atomic E-state index is -0.645. The van der Waals surface area contributed by atoms with Crippen LogP contribution in [0.2, 0.25) is 5.02 Å². The molecule has 0 N–H and O–H groups in total. The predicted octanol–water partition coefficient (Wildman–Crippen LogP) is 7.15. The number of carbonyl (C=O) groups excluding carboxylic acids is 1. The Balaban J connectivity index is 1.49. The molecular formula is C25H14BrClO5. The third-order valence-corrected chi connectivity index (χ3v) is 5.81. The van der Waals surface area contributed by atoms with E-state index in [1.165, 1.54) is 6.07 Å². The summed E-state index contributed by atoms with van der Waals surface area (Å²) >= 11 is 9.35. The van der Waals surface area contributed by atoms with E-state index in [9.17, 15) is 9.59 Å². The van der Waals surface area contributed by atoms with Crippen LogP contribution in [0.4, 0.5) is 0 Å². The van der Waals surface area contributed by atoms with Crippen molar-refractivity contribution in [2.24, 2.45) is 0 Å². The van der Waals surface area contributed by atoms with Crippen LogP contribution in [0.3, 0.4) is 0 Å². The fraction of sp³-hybridized carbons (Fsp3) is 0.0400. The van der Waals surface area contributed by atoms with Crippen LogP contribution in [0.15, 0.2) is 84.8 Å². The Hall–Kier alpha value is -3.35. The van der Waals surface area contributed by atoms with Crippen LogP contribution in [0.5, 0.6) is 5.75 Å². The molecule has 5 aromatic rings. The van der Waals surface area contributed by atoms with Gasteiger partial charge in [-0.2, -0.15) is 0 Å². The van der Waals surface area contributed by atoms with E-state index in [2.05, 4.69) is 15.9 Å². The maximum absolute atomic E-state index is 13.1. The van der Waals surface area contributed by atoms with Gasteiger partial charge in [0.05, 0.1) is 10.9 Å². The van der Waals surface area contributed by atoms with Crippen molar-refractivity contribution in [2.75, 3.05) is 0 Å². The van der Waals surface area contributed by atoms with Gasteiger partial charge in [-0.15, -0.1) is 0 Å². The topological polar surface area (TPSA) is 69.7 Å². The van der Waals surface area contributed by atoms with Gasteiger partial charge in [-0.25, -0.2) is 4.79 Å². The van der Waals surface area contributed by atoms with Crippen molar-refractivity contribution in [1.29, 1.82) is 0 Å². The molecule has 0 saturated carbocycles. The SMILES string of the molecule is Cc1oc2cc(OC(=O)c3cc4cc(Br)ccc4o3)ccc2c(=O)c1-c1ccc(Cl)cc1. The van der Waals surface area contributed by atoms with Crippen LogP contribution < -0.4 is 10.2 Å². The molecule has 0 saturated heterocycles. The molecule has 0 fully saturated rings. The Morgan fingerprint density at radius 2 is 1.72 bits per heavy atom. The minimum absolute atomic E-state index is 0.0777. The maximum Gasteiger partial charge on any atom is 0.379 e. The first-order valence-corrected chi connectivity index (χ1v) is 10.8. The number of hydrogen-bond donors (Lipinski definition) is 0. The number of furan rings is 1. The molecule has 7 heteroatoms. The van der Waals surface area contributed by atoms with E-state index in [0.717, 1.165) is 15.4 Å². The number of fused-ring (bicyclic) bond motifs is 2. The summed E-state index contributed by atoms with van der Waals surface area (Å²) in [4.78, 5) is 25.7. The third-order valence-electron chi connectivity index (χ3n) is 5.06. The van der Waals surface area contributed by atoms with E-state index in [0.29, 0.717) is 32.9 Å². The zero-order chi connectivity index (χ0) is 22.4. The van der Waals surface area contributed by atoms with Gasteiger partial charge >= 0.3 is 5.97 Å². The van der Waals surface area contributed by atoms with Crippen molar-refractivity contribution in [3.05, 3.63) is 98.0 Å². The largest absolute Gasteiger partial charge is 0.460 e. The summed E-state index contributed by atoms with van der Waals surface area (Å²) in [6, 6.07) is 18.7. The standard InChI is InChI=1S/C25H14BrClO5/c1-13-23(14-2-5-17(27)6-3-14)24(28)19-8-7-18(12-21(19)30-13)31-25(29)22-11-15-10-16(26)4-9-20(15)32-22/h2-12H,1H3. The van der Waals surface area contributed by atoms with Gasteiger partial charge in [0.15, 0.2) is 0 Å². The van der Waals surface area contributed by atoms with Crippen molar-refractivity contribution in [3.63, 3.8) is 0 Å². The molecule has 0 aliphatic heterocycles. The monoisotopic (exact) mass is 508 g/mol. The highest BCUT2D eigenvalue weighted by Crippen LogP contribution is 2.28. The molecule has 5 nitrogen and oxygen atoms in total. The summed E-state index contributed by atoms with van der Waals surface area (Å²) < 4.78 is 17.8. The molecule has 2 aromatic heterocycles. The van der Waals surface area contributed by atoms with E-state index < -0.39 is 5.97 Å². The van der Waals surface area contributed by atoms with E-state index >= 15 is 0 Å². The summed E-state index contributed by atoms with van der Waals surface area (Å²) in [6.45, 7) is 1.72. The molecule has 0 spiro atoms. The Labute approximate surface area is 195 Å². The zero-order valence-electron chi connectivity index (χ0n) is 16.6. The lowest BCUT2D eigenvalue weighted by Crippen LogP contribution is -2.09. The Bertz CT molecular complexity index is 1560. The molecular weight excluding hydrogens is 496 g/mol. The number of halogens is 2. The summed E-state index contributed by atoms with van der Waals surface area (Å²) in [6.07, 6.45) is 0. The van der Waals surface area contributed by atoms with Gasteiger partial charge in [0.1, 0.15) is 22.7 Å². The molecule has 3 aromatic carbocycles. The highest BCUT2D eigenvalue weighted by atomic mass is 79.9. The second-order valence-electron chi connectivity index (χ2n) is 7.21. The Morgan fingerprint density at radius 3 is 2.50 bits per heavy atom. The summed E-state index contributed by atoms with van der Waals surface area (Å²) in [5, 5.41) is 1.75. The van der Waals surface area contributed by atoms with Gasteiger partial charge in [0, 0.05) is 20.9 Å². The van der Waals surface area contributed by atoms with Crippen LogP contribution in [-0.2, 0) is 0 Å². The van der Waals surface area contributed by atoms with E-state index in [1.807, 2.05) is 12.1 Å². The average Bonchev–Trinajstić information content (AvgIpc) is 3.18. The van der Waals surface area contributed by atoms with Gasteiger partial charge in [0.2, 0.25) is 11.2 Å². The molecule has 0 radical (unpaired) electrons. The number of benzene rings is 3. The Morgan fingerprint density at radius 1 is 0.938 bits per heavy atom. The summed E-state index contributed by atoms with van der Waals surface area (Å²) in [7, 11) is 0. The molecule has 2 heterocycles. The van der Waals surface area contributed by atoms with Crippen LogP contribution in [0.25, 0.3) is 33.1 Å². The fourth-order valence-corrected chi connectivity index (χ4v) is 4.08. The molecule has 0 unspecified atom stereocenters. The summed E-state index contributed by atoms with van der Waals surface area (Å²) in [5.41, 5.74) is 1.91. The quantitative estimate of drug-likeness (QED) is 0.191. The second-order valence-corrected chi connectivity index (χ2v) is 8.56. The number of rotatable bonds is 3. The van der Waals surface area contributed by atoms with Gasteiger partial charge < -0.3 is 13.6 Å².